The van der Waals surface area contributed by atoms with Crippen molar-refractivity contribution in [2.75, 3.05) is 5.32 Å². The Balaban J connectivity index is 1.38. The molecule has 1 N–H and O–H groups in total. The van der Waals surface area contributed by atoms with E-state index in [0.29, 0.717) is 37.9 Å². The normalized spacial score (nSPS) is 13.3. The van der Waals surface area contributed by atoms with Crippen LogP contribution in [0.25, 0.3) is 0 Å². The second kappa shape index (κ2) is 7.75. The molecule has 0 fully saturated rings. The van der Waals surface area contributed by atoms with Crippen molar-refractivity contribution in [2.45, 2.75) is 25.9 Å². The number of carbonyl (C=O) groups is 2. The summed E-state index contributed by atoms with van der Waals surface area (Å²) in [4.78, 5) is 33.6. The summed E-state index contributed by atoms with van der Waals surface area (Å²) in [5, 5.41) is 6.17. The number of nitrogens with zero attached hydrogens (tertiary/aromatic N) is 2. The standard InChI is InChI=1S/C18H14ClN3O3S2/c19-10-4-6-11(7-5-10)25-8-15-20-13(9-26-15)17(24)22-18-21-12-2-1-3-14(23)16(12)27-18/h4-7,9H,1-3,8H2,(H,21,22,24). The molecule has 0 saturated heterocycles. The second-order valence-corrected chi connectivity index (χ2v) is 8.27. The first-order valence-electron chi connectivity index (χ1n) is 8.25. The third kappa shape index (κ3) is 4.18. The Hall–Kier alpha value is -2.29. The van der Waals surface area contributed by atoms with E-state index < -0.39 is 0 Å². The van der Waals surface area contributed by atoms with Crippen molar-refractivity contribution in [3.63, 3.8) is 0 Å². The molecule has 1 aliphatic carbocycles. The van der Waals surface area contributed by atoms with Crippen LogP contribution in [0.2, 0.25) is 5.02 Å². The SMILES string of the molecule is O=C(Nc1nc2c(s1)C(=O)CCC2)c1csc(COc2ccc(Cl)cc2)n1. The summed E-state index contributed by atoms with van der Waals surface area (Å²) in [7, 11) is 0. The maximum absolute atomic E-state index is 12.4. The fourth-order valence-corrected chi connectivity index (χ4v) is 4.43. The van der Waals surface area contributed by atoms with E-state index in [2.05, 4.69) is 15.3 Å². The number of carbonyl (C=O) groups excluding carboxylic acids is 2. The van der Waals surface area contributed by atoms with Crippen molar-refractivity contribution in [3.05, 3.63) is 55.9 Å². The van der Waals surface area contributed by atoms with Gasteiger partial charge in [-0.05, 0) is 37.1 Å². The number of hydrogen-bond donors (Lipinski definition) is 1. The lowest BCUT2D eigenvalue weighted by molar-refractivity contribution is 0.0975. The highest BCUT2D eigenvalue weighted by Gasteiger charge is 2.23. The number of hydrogen-bond acceptors (Lipinski definition) is 7. The van der Waals surface area contributed by atoms with Gasteiger partial charge in [0.1, 0.15) is 23.1 Å². The van der Waals surface area contributed by atoms with Crippen molar-refractivity contribution < 1.29 is 14.3 Å². The third-order valence-corrected chi connectivity index (χ3v) is 6.08. The van der Waals surface area contributed by atoms with Gasteiger partial charge in [0.05, 0.1) is 10.6 Å². The lowest BCUT2D eigenvalue weighted by Crippen LogP contribution is -2.12. The van der Waals surface area contributed by atoms with Gasteiger partial charge in [-0.1, -0.05) is 22.9 Å². The number of ketones is 1. The molecule has 0 radical (unpaired) electrons. The number of nitrogens with one attached hydrogen (secondary N) is 1. The molecule has 0 unspecified atom stereocenters. The zero-order valence-corrected chi connectivity index (χ0v) is 16.4. The van der Waals surface area contributed by atoms with Crippen LogP contribution >= 0.6 is 34.3 Å². The minimum Gasteiger partial charge on any atom is -0.486 e. The average Bonchev–Trinajstić information content (AvgIpc) is 3.29. The van der Waals surface area contributed by atoms with Crippen LogP contribution in [0.15, 0.2) is 29.6 Å². The number of thiazole rings is 2. The summed E-state index contributed by atoms with van der Waals surface area (Å²) in [6.07, 6.45) is 2.13. The summed E-state index contributed by atoms with van der Waals surface area (Å²) in [5.74, 6) is 0.436. The van der Waals surface area contributed by atoms with Gasteiger partial charge in [-0.15, -0.1) is 11.3 Å². The highest BCUT2D eigenvalue weighted by Crippen LogP contribution is 2.30. The molecule has 2 heterocycles. The Morgan fingerprint density at radius 2 is 2.04 bits per heavy atom. The van der Waals surface area contributed by atoms with E-state index in [-0.39, 0.29) is 18.3 Å². The fraction of sp³-hybridized carbons (Fsp3) is 0.222. The maximum atomic E-state index is 12.4. The van der Waals surface area contributed by atoms with Gasteiger partial charge in [0.25, 0.3) is 5.91 Å². The number of fused-ring (bicyclic) bond motifs is 1. The minimum absolute atomic E-state index is 0.101. The van der Waals surface area contributed by atoms with E-state index in [0.717, 1.165) is 18.5 Å². The predicted octanol–water partition coefficient (Wildman–Crippen LogP) is 4.60. The summed E-state index contributed by atoms with van der Waals surface area (Å²) < 4.78 is 5.64. The molecule has 0 spiro atoms. The van der Waals surface area contributed by atoms with Gasteiger partial charge in [-0.3, -0.25) is 14.9 Å². The molecule has 4 rings (SSSR count). The van der Waals surface area contributed by atoms with E-state index in [4.69, 9.17) is 16.3 Å². The van der Waals surface area contributed by atoms with Crippen molar-refractivity contribution in [1.82, 2.24) is 9.97 Å². The topological polar surface area (TPSA) is 81.2 Å². The van der Waals surface area contributed by atoms with Crippen LogP contribution in [-0.2, 0) is 13.0 Å². The zero-order valence-electron chi connectivity index (χ0n) is 14.0. The quantitative estimate of drug-likeness (QED) is 0.653. The number of amides is 1. The van der Waals surface area contributed by atoms with Crippen molar-refractivity contribution in [3.8, 4) is 5.75 Å². The Labute approximate surface area is 168 Å². The molecular formula is C18H14ClN3O3S2. The van der Waals surface area contributed by atoms with Gasteiger partial charge in [-0.25, -0.2) is 9.97 Å². The minimum atomic E-state index is -0.345. The first-order valence-corrected chi connectivity index (χ1v) is 10.3. The molecule has 1 aliphatic rings. The number of ether oxygens (including phenoxy) is 1. The van der Waals surface area contributed by atoms with Gasteiger partial charge in [-0.2, -0.15) is 0 Å². The first kappa shape index (κ1) is 18.1. The molecule has 1 aromatic carbocycles. The van der Waals surface area contributed by atoms with Crippen LogP contribution in [0, 0.1) is 0 Å². The van der Waals surface area contributed by atoms with E-state index in [1.54, 1.807) is 29.6 Å². The Morgan fingerprint density at radius 1 is 1.22 bits per heavy atom. The Kier molecular flexibility index (Phi) is 5.20. The van der Waals surface area contributed by atoms with E-state index in [1.807, 2.05) is 0 Å². The molecule has 9 heteroatoms. The Morgan fingerprint density at radius 3 is 2.81 bits per heavy atom. The molecule has 2 aromatic heterocycles. The molecule has 0 atom stereocenters. The molecule has 6 nitrogen and oxygen atoms in total. The lowest BCUT2D eigenvalue weighted by atomic mass is 10.0. The molecule has 0 aliphatic heterocycles. The fourth-order valence-electron chi connectivity index (χ4n) is 2.64. The Bertz CT molecular complexity index is 998. The van der Waals surface area contributed by atoms with Crippen molar-refractivity contribution >= 4 is 51.1 Å². The number of halogens is 1. The average molecular weight is 420 g/mol. The van der Waals surface area contributed by atoms with Crippen LogP contribution in [0.1, 0.15) is 43.7 Å². The third-order valence-electron chi connectivity index (χ3n) is 3.95. The van der Waals surface area contributed by atoms with Gasteiger partial charge < -0.3 is 4.74 Å². The number of anilines is 1. The first-order chi connectivity index (χ1) is 13.1. The summed E-state index contributed by atoms with van der Waals surface area (Å²) in [5.41, 5.74) is 1.08. The number of aryl methyl sites for hydroxylation is 1. The van der Waals surface area contributed by atoms with Crippen LogP contribution in [0.4, 0.5) is 5.13 Å². The van der Waals surface area contributed by atoms with Gasteiger partial charge in [0, 0.05) is 16.8 Å². The van der Waals surface area contributed by atoms with Crippen LogP contribution < -0.4 is 10.1 Å². The lowest BCUT2D eigenvalue weighted by Gasteiger charge is -2.05. The van der Waals surface area contributed by atoms with Gasteiger partial charge >= 0.3 is 0 Å². The molecule has 0 saturated carbocycles. The number of rotatable bonds is 5. The molecular weight excluding hydrogens is 406 g/mol. The summed E-state index contributed by atoms with van der Waals surface area (Å²) in [6.45, 7) is 0.264. The largest absolute Gasteiger partial charge is 0.486 e. The highest BCUT2D eigenvalue weighted by atomic mass is 35.5. The van der Waals surface area contributed by atoms with Crippen LogP contribution in [0.3, 0.4) is 0 Å². The monoisotopic (exact) mass is 419 g/mol. The van der Waals surface area contributed by atoms with E-state index >= 15 is 0 Å². The van der Waals surface area contributed by atoms with E-state index in [1.165, 1.54) is 22.7 Å². The van der Waals surface area contributed by atoms with Gasteiger partial charge in [0.15, 0.2) is 10.9 Å². The number of aromatic nitrogens is 2. The molecule has 3 aromatic rings. The van der Waals surface area contributed by atoms with Crippen LogP contribution in [0.5, 0.6) is 5.75 Å². The number of Topliss-reactive ketones (excluding diaryl/α,β-unsaturated/α-hetero) is 1. The maximum Gasteiger partial charge on any atom is 0.276 e. The molecule has 1 amide bonds. The molecule has 138 valence electrons. The van der Waals surface area contributed by atoms with Crippen molar-refractivity contribution in [1.29, 1.82) is 0 Å². The molecule has 0 bridgehead atoms. The second-order valence-electron chi connectivity index (χ2n) is 5.89. The van der Waals surface area contributed by atoms with Crippen molar-refractivity contribution in [2.24, 2.45) is 0 Å². The number of benzene rings is 1. The summed E-state index contributed by atoms with van der Waals surface area (Å²) in [6, 6.07) is 7.04. The summed E-state index contributed by atoms with van der Waals surface area (Å²) >= 11 is 8.42. The van der Waals surface area contributed by atoms with Crippen LogP contribution in [-0.4, -0.2) is 21.7 Å². The smallest absolute Gasteiger partial charge is 0.276 e. The zero-order chi connectivity index (χ0) is 18.8. The van der Waals surface area contributed by atoms with E-state index in [9.17, 15) is 9.59 Å². The molecule has 27 heavy (non-hydrogen) atoms. The predicted molar refractivity (Wildman–Crippen MR) is 105 cm³/mol. The van der Waals surface area contributed by atoms with Gasteiger partial charge in [0.2, 0.25) is 0 Å². The highest BCUT2D eigenvalue weighted by molar-refractivity contribution is 7.17.